The highest BCUT2D eigenvalue weighted by Crippen LogP contribution is 2.29. The molecule has 1 N–H and O–H groups in total. The average molecular weight is 286 g/mol. The van der Waals surface area contributed by atoms with E-state index in [1.807, 2.05) is 0 Å². The fourth-order valence-corrected chi connectivity index (χ4v) is 1.85. The molecule has 5 heteroatoms. The number of aromatic carboxylic acids is 1. The molecule has 0 saturated carbocycles. The molecule has 0 amide bonds. The lowest BCUT2D eigenvalue weighted by molar-refractivity contribution is 0.0600. The molecule has 0 radical (unpaired) electrons. The third kappa shape index (κ3) is 3.20. The number of ether oxygens (including phenoxy) is 2. The maximum Gasteiger partial charge on any atom is 0.339 e. The molecule has 0 aromatic heterocycles. The zero-order chi connectivity index (χ0) is 15.4. The predicted octanol–water partition coefficient (Wildman–Crippen LogP) is 3.27. The van der Waals surface area contributed by atoms with Gasteiger partial charge >= 0.3 is 11.9 Å². The summed E-state index contributed by atoms with van der Waals surface area (Å²) in [6.07, 6.45) is 0. The van der Waals surface area contributed by atoms with E-state index in [1.165, 1.54) is 13.2 Å². The van der Waals surface area contributed by atoms with Gasteiger partial charge in [0.05, 0.1) is 12.7 Å². The Labute approximate surface area is 121 Å². The van der Waals surface area contributed by atoms with E-state index in [9.17, 15) is 14.7 Å². The zero-order valence-corrected chi connectivity index (χ0v) is 11.6. The third-order valence-corrected chi connectivity index (χ3v) is 2.94. The number of carbonyl (C=O) groups excluding carboxylic acids is 1. The molecule has 0 saturated heterocycles. The Kier molecular flexibility index (Phi) is 4.23. The Bertz CT molecular complexity index is 674. The number of benzene rings is 2. The first-order valence-corrected chi connectivity index (χ1v) is 6.22. The van der Waals surface area contributed by atoms with Gasteiger partial charge in [0.2, 0.25) is 0 Å². The topological polar surface area (TPSA) is 72.8 Å². The molecule has 5 nitrogen and oxygen atoms in total. The van der Waals surface area contributed by atoms with Gasteiger partial charge < -0.3 is 14.6 Å². The van der Waals surface area contributed by atoms with Gasteiger partial charge in [-0.1, -0.05) is 12.1 Å². The molecule has 0 aliphatic rings. The minimum Gasteiger partial charge on any atom is -0.478 e. The molecular formula is C16H14O5. The standard InChI is InChI=1S/C16H14O5/c1-10-4-3-5-13(15(17)18)14(10)21-12-8-6-11(7-9-12)16(19)20-2/h3-9H,1-2H3,(H,17,18). The third-order valence-electron chi connectivity index (χ3n) is 2.94. The summed E-state index contributed by atoms with van der Waals surface area (Å²) in [7, 11) is 1.30. The highest BCUT2D eigenvalue weighted by molar-refractivity contribution is 5.91. The zero-order valence-electron chi connectivity index (χ0n) is 11.6. The number of carboxylic acids is 1. The molecule has 2 aromatic carbocycles. The van der Waals surface area contributed by atoms with Crippen molar-refractivity contribution >= 4 is 11.9 Å². The molecule has 0 unspecified atom stereocenters. The van der Waals surface area contributed by atoms with E-state index in [2.05, 4.69) is 4.74 Å². The van der Waals surface area contributed by atoms with Crippen molar-refractivity contribution in [3.63, 3.8) is 0 Å². The minimum absolute atomic E-state index is 0.0899. The summed E-state index contributed by atoms with van der Waals surface area (Å²) in [4.78, 5) is 22.5. The number of rotatable bonds is 4. The number of carbonyl (C=O) groups is 2. The van der Waals surface area contributed by atoms with Crippen LogP contribution in [0.2, 0.25) is 0 Å². The lowest BCUT2D eigenvalue weighted by Gasteiger charge is -2.11. The van der Waals surface area contributed by atoms with Crippen LogP contribution in [0.25, 0.3) is 0 Å². The van der Waals surface area contributed by atoms with Crippen molar-refractivity contribution < 1.29 is 24.2 Å². The smallest absolute Gasteiger partial charge is 0.339 e. The fourth-order valence-electron chi connectivity index (χ4n) is 1.85. The van der Waals surface area contributed by atoms with Crippen LogP contribution in [0.5, 0.6) is 11.5 Å². The maximum atomic E-state index is 11.3. The first-order chi connectivity index (χ1) is 10.0. The number of carboxylic acid groups (broad SMARTS) is 1. The van der Waals surface area contributed by atoms with Crippen LogP contribution in [0.3, 0.4) is 0 Å². The summed E-state index contributed by atoms with van der Waals surface area (Å²) in [5, 5.41) is 9.18. The Hall–Kier alpha value is -2.82. The first kappa shape index (κ1) is 14.6. The molecule has 0 aliphatic heterocycles. The van der Waals surface area contributed by atoms with Crippen molar-refractivity contribution in [2.45, 2.75) is 6.92 Å². The summed E-state index contributed by atoms with van der Waals surface area (Å²) in [5.41, 5.74) is 1.20. The fraction of sp³-hybridized carbons (Fsp3) is 0.125. The molecule has 2 aromatic rings. The van der Waals surface area contributed by atoms with Gasteiger partial charge in [-0.25, -0.2) is 9.59 Å². The summed E-state index contributed by atoms with van der Waals surface area (Å²) < 4.78 is 10.2. The second kappa shape index (κ2) is 6.09. The highest BCUT2D eigenvalue weighted by Gasteiger charge is 2.14. The van der Waals surface area contributed by atoms with Crippen LogP contribution < -0.4 is 4.74 Å². The lowest BCUT2D eigenvalue weighted by Crippen LogP contribution is -2.02. The van der Waals surface area contributed by atoms with Gasteiger partial charge in [-0.2, -0.15) is 0 Å². The monoisotopic (exact) mass is 286 g/mol. The van der Waals surface area contributed by atoms with Crippen LogP contribution in [-0.4, -0.2) is 24.2 Å². The molecule has 0 atom stereocenters. The van der Waals surface area contributed by atoms with E-state index in [4.69, 9.17) is 4.74 Å². The maximum absolute atomic E-state index is 11.3. The van der Waals surface area contributed by atoms with E-state index >= 15 is 0 Å². The van der Waals surface area contributed by atoms with Gasteiger partial charge in [0.1, 0.15) is 17.1 Å². The Morgan fingerprint density at radius 1 is 1.05 bits per heavy atom. The van der Waals surface area contributed by atoms with E-state index in [0.29, 0.717) is 16.9 Å². The highest BCUT2D eigenvalue weighted by atomic mass is 16.5. The molecule has 0 spiro atoms. The minimum atomic E-state index is -1.06. The van der Waals surface area contributed by atoms with Gasteiger partial charge in [0.15, 0.2) is 0 Å². The van der Waals surface area contributed by atoms with Crippen LogP contribution in [0.1, 0.15) is 26.3 Å². The van der Waals surface area contributed by atoms with Crippen molar-refractivity contribution in [1.82, 2.24) is 0 Å². The normalized spacial score (nSPS) is 10.0. The largest absolute Gasteiger partial charge is 0.478 e. The number of methoxy groups -OCH3 is 1. The Morgan fingerprint density at radius 2 is 1.71 bits per heavy atom. The predicted molar refractivity (Wildman–Crippen MR) is 76.0 cm³/mol. The van der Waals surface area contributed by atoms with E-state index in [-0.39, 0.29) is 11.3 Å². The summed E-state index contributed by atoms with van der Waals surface area (Å²) in [6, 6.07) is 11.2. The first-order valence-electron chi connectivity index (χ1n) is 6.22. The van der Waals surface area contributed by atoms with Gasteiger partial charge in [-0.15, -0.1) is 0 Å². The van der Waals surface area contributed by atoms with Crippen LogP contribution in [0, 0.1) is 6.92 Å². The second-order valence-corrected chi connectivity index (χ2v) is 4.37. The molecule has 0 aliphatic carbocycles. The van der Waals surface area contributed by atoms with Crippen molar-refractivity contribution in [1.29, 1.82) is 0 Å². The van der Waals surface area contributed by atoms with Gasteiger partial charge in [0.25, 0.3) is 0 Å². The van der Waals surface area contributed by atoms with Crippen LogP contribution in [0.15, 0.2) is 42.5 Å². The van der Waals surface area contributed by atoms with E-state index < -0.39 is 11.9 Å². The molecular weight excluding hydrogens is 272 g/mol. The second-order valence-electron chi connectivity index (χ2n) is 4.37. The van der Waals surface area contributed by atoms with Crippen molar-refractivity contribution in [2.24, 2.45) is 0 Å². The summed E-state index contributed by atoms with van der Waals surface area (Å²) >= 11 is 0. The molecule has 0 bridgehead atoms. The quantitative estimate of drug-likeness (QED) is 0.873. The Morgan fingerprint density at radius 3 is 2.29 bits per heavy atom. The van der Waals surface area contributed by atoms with Crippen LogP contribution >= 0.6 is 0 Å². The van der Waals surface area contributed by atoms with Gasteiger partial charge in [-0.05, 0) is 42.8 Å². The van der Waals surface area contributed by atoms with Gasteiger partial charge in [0, 0.05) is 0 Å². The van der Waals surface area contributed by atoms with Crippen molar-refractivity contribution in [3.8, 4) is 11.5 Å². The molecule has 0 heterocycles. The number of para-hydroxylation sites is 1. The van der Waals surface area contributed by atoms with Crippen LogP contribution in [-0.2, 0) is 4.74 Å². The van der Waals surface area contributed by atoms with E-state index in [0.717, 1.165) is 0 Å². The average Bonchev–Trinajstić information content (AvgIpc) is 2.49. The summed E-state index contributed by atoms with van der Waals surface area (Å²) in [5.74, 6) is -0.765. The molecule has 2 rings (SSSR count). The van der Waals surface area contributed by atoms with Crippen molar-refractivity contribution in [3.05, 3.63) is 59.2 Å². The molecule has 21 heavy (non-hydrogen) atoms. The van der Waals surface area contributed by atoms with Crippen LogP contribution in [0.4, 0.5) is 0 Å². The number of hydrogen-bond acceptors (Lipinski definition) is 4. The van der Waals surface area contributed by atoms with Crippen molar-refractivity contribution in [2.75, 3.05) is 7.11 Å². The number of aryl methyl sites for hydroxylation is 1. The van der Waals surface area contributed by atoms with E-state index in [1.54, 1.807) is 43.3 Å². The summed E-state index contributed by atoms with van der Waals surface area (Å²) in [6.45, 7) is 1.77. The molecule has 0 fully saturated rings. The number of esters is 1. The Balaban J connectivity index is 2.30. The van der Waals surface area contributed by atoms with Gasteiger partial charge in [-0.3, -0.25) is 0 Å². The SMILES string of the molecule is COC(=O)c1ccc(Oc2c(C)cccc2C(=O)O)cc1. The lowest BCUT2D eigenvalue weighted by atomic mass is 10.1. The molecule has 108 valence electrons. The number of hydrogen-bond donors (Lipinski definition) is 1.